The summed E-state index contributed by atoms with van der Waals surface area (Å²) in [5, 5.41) is 0. The highest BCUT2D eigenvalue weighted by Crippen LogP contribution is 2.23. The number of benzene rings is 1. The van der Waals surface area contributed by atoms with Gasteiger partial charge in [-0.3, -0.25) is 4.79 Å². The summed E-state index contributed by atoms with van der Waals surface area (Å²) in [6.07, 6.45) is 2.48. The highest BCUT2D eigenvalue weighted by atomic mass is 127. The molecule has 0 saturated heterocycles. The Morgan fingerprint density at radius 2 is 2.29 bits per heavy atom. The first-order chi connectivity index (χ1) is 6.67. The Morgan fingerprint density at radius 3 is 2.79 bits per heavy atom. The number of rotatable bonds is 4. The first-order valence-electron chi connectivity index (χ1n) is 4.07. The van der Waals surface area contributed by atoms with Crippen LogP contribution >= 0.6 is 46.0 Å². The molecule has 14 heavy (non-hydrogen) atoms. The molecule has 0 unspecified atom stereocenters. The molecule has 0 spiro atoms. The normalized spacial score (nSPS) is 10.2. The molecule has 0 saturated carbocycles. The van der Waals surface area contributed by atoms with Crippen molar-refractivity contribution in [3.05, 3.63) is 27.3 Å². The van der Waals surface area contributed by atoms with E-state index in [1.54, 1.807) is 11.8 Å². The average Bonchev–Trinajstić information content (AvgIpc) is 2.18. The molecule has 0 aromatic heterocycles. The maximum absolute atomic E-state index is 11.1. The molecule has 1 aromatic rings. The summed E-state index contributed by atoms with van der Waals surface area (Å²) in [6, 6.07) is 6.07. The zero-order valence-corrected chi connectivity index (χ0v) is 11.4. The zero-order valence-electron chi connectivity index (χ0n) is 7.72. The van der Waals surface area contributed by atoms with Crippen molar-refractivity contribution in [2.24, 2.45) is 0 Å². The number of Topliss-reactive ketones (excluding diaryl/α,β-unsaturated/α-hetero) is 1. The second-order valence-corrected chi connectivity index (χ2v) is 5.10. The minimum absolute atomic E-state index is 0.0689. The topological polar surface area (TPSA) is 17.1 Å². The number of hydrogen-bond acceptors (Lipinski definition) is 2. The molecule has 0 N–H and O–H groups in total. The monoisotopic (exact) mass is 340 g/mol. The number of hydrogen-bond donors (Lipinski definition) is 0. The Morgan fingerprint density at radius 1 is 1.57 bits per heavy atom. The van der Waals surface area contributed by atoms with Crippen molar-refractivity contribution in [2.75, 3.05) is 12.1 Å². The SMILES string of the molecule is CSc1ccc(CC(=O)CCl)cc1I. The van der Waals surface area contributed by atoms with E-state index < -0.39 is 0 Å². The van der Waals surface area contributed by atoms with Gasteiger partial charge in [0.05, 0.1) is 5.88 Å². The lowest BCUT2D eigenvalue weighted by Crippen LogP contribution is -2.03. The Labute approximate surface area is 107 Å². The Bertz CT molecular complexity index is 341. The number of thioether (sulfide) groups is 1. The van der Waals surface area contributed by atoms with Crippen LogP contribution in [0.15, 0.2) is 23.1 Å². The molecule has 0 fully saturated rings. The minimum Gasteiger partial charge on any atom is -0.298 e. The largest absolute Gasteiger partial charge is 0.298 e. The van der Waals surface area contributed by atoms with E-state index >= 15 is 0 Å². The molecule has 4 heteroatoms. The molecule has 0 aliphatic rings. The predicted molar refractivity (Wildman–Crippen MR) is 70.4 cm³/mol. The molecule has 0 heterocycles. The van der Waals surface area contributed by atoms with Crippen LogP contribution in [-0.2, 0) is 11.2 Å². The lowest BCUT2D eigenvalue weighted by molar-refractivity contribution is -0.116. The second kappa shape index (κ2) is 5.98. The Balaban J connectivity index is 2.81. The minimum atomic E-state index is 0.0689. The van der Waals surface area contributed by atoms with Gasteiger partial charge in [-0.1, -0.05) is 6.07 Å². The van der Waals surface area contributed by atoms with E-state index in [1.165, 1.54) is 8.47 Å². The van der Waals surface area contributed by atoms with E-state index in [0.717, 1.165) is 5.56 Å². The summed E-state index contributed by atoms with van der Waals surface area (Å²) in [5.41, 5.74) is 1.04. The lowest BCUT2D eigenvalue weighted by atomic mass is 10.1. The number of halogens is 2. The van der Waals surface area contributed by atoms with Crippen LogP contribution in [0.2, 0.25) is 0 Å². The molecule has 76 valence electrons. The molecular formula is C10H10ClIOS. The predicted octanol–water partition coefficient (Wildman–Crippen LogP) is 3.36. The molecule has 1 rings (SSSR count). The molecule has 0 aliphatic heterocycles. The van der Waals surface area contributed by atoms with E-state index in [0.29, 0.717) is 6.42 Å². The van der Waals surface area contributed by atoms with Crippen LogP contribution in [0.1, 0.15) is 5.56 Å². The number of carbonyl (C=O) groups excluding carboxylic acids is 1. The van der Waals surface area contributed by atoms with Crippen LogP contribution in [0, 0.1) is 3.57 Å². The lowest BCUT2D eigenvalue weighted by Gasteiger charge is -2.03. The van der Waals surface area contributed by atoms with Gasteiger partial charge in [0, 0.05) is 14.9 Å². The van der Waals surface area contributed by atoms with E-state index in [4.69, 9.17) is 11.6 Å². The number of alkyl halides is 1. The van der Waals surface area contributed by atoms with Crippen LogP contribution in [0.4, 0.5) is 0 Å². The Kier molecular flexibility index (Phi) is 5.26. The van der Waals surface area contributed by atoms with Crippen LogP contribution in [0.3, 0.4) is 0 Å². The maximum Gasteiger partial charge on any atom is 0.151 e. The van der Waals surface area contributed by atoms with E-state index in [9.17, 15) is 4.79 Å². The maximum atomic E-state index is 11.1. The zero-order chi connectivity index (χ0) is 10.6. The molecular weight excluding hydrogens is 331 g/mol. The van der Waals surface area contributed by atoms with Crippen molar-refractivity contribution >= 4 is 51.7 Å². The summed E-state index contributed by atoms with van der Waals surface area (Å²) < 4.78 is 1.19. The quantitative estimate of drug-likeness (QED) is 0.475. The molecule has 0 atom stereocenters. The van der Waals surface area contributed by atoms with Gasteiger partial charge in [0.1, 0.15) is 0 Å². The number of ketones is 1. The van der Waals surface area contributed by atoms with Crippen molar-refractivity contribution in [3.8, 4) is 0 Å². The van der Waals surface area contributed by atoms with Crippen molar-refractivity contribution < 1.29 is 4.79 Å². The highest BCUT2D eigenvalue weighted by molar-refractivity contribution is 14.1. The first-order valence-corrected chi connectivity index (χ1v) is 6.91. The van der Waals surface area contributed by atoms with Gasteiger partial charge in [-0.25, -0.2) is 0 Å². The van der Waals surface area contributed by atoms with Crippen LogP contribution in [-0.4, -0.2) is 17.9 Å². The van der Waals surface area contributed by atoms with Gasteiger partial charge in [-0.15, -0.1) is 23.4 Å². The van der Waals surface area contributed by atoms with Crippen LogP contribution in [0.5, 0.6) is 0 Å². The third-order valence-electron chi connectivity index (χ3n) is 1.77. The third kappa shape index (κ3) is 3.44. The van der Waals surface area contributed by atoms with Crippen LogP contribution < -0.4 is 0 Å². The molecule has 0 bridgehead atoms. The van der Waals surface area contributed by atoms with Gasteiger partial charge < -0.3 is 0 Å². The van der Waals surface area contributed by atoms with Crippen molar-refractivity contribution in [1.82, 2.24) is 0 Å². The van der Waals surface area contributed by atoms with Crippen molar-refractivity contribution in [1.29, 1.82) is 0 Å². The summed E-state index contributed by atoms with van der Waals surface area (Å²) in [4.78, 5) is 12.4. The third-order valence-corrected chi connectivity index (χ3v) is 4.12. The summed E-state index contributed by atoms with van der Waals surface area (Å²) in [7, 11) is 0. The fourth-order valence-electron chi connectivity index (χ4n) is 1.09. The molecule has 1 nitrogen and oxygen atoms in total. The summed E-state index contributed by atoms with van der Waals surface area (Å²) >= 11 is 9.43. The van der Waals surface area contributed by atoms with E-state index in [2.05, 4.69) is 22.6 Å². The smallest absolute Gasteiger partial charge is 0.151 e. The van der Waals surface area contributed by atoms with E-state index in [-0.39, 0.29) is 11.7 Å². The van der Waals surface area contributed by atoms with E-state index in [1.807, 2.05) is 24.5 Å². The molecule has 0 aliphatic carbocycles. The van der Waals surface area contributed by atoms with Gasteiger partial charge in [0.15, 0.2) is 5.78 Å². The van der Waals surface area contributed by atoms with Crippen molar-refractivity contribution in [2.45, 2.75) is 11.3 Å². The summed E-state index contributed by atoms with van der Waals surface area (Å²) in [5.74, 6) is 0.167. The standard InChI is InChI=1S/C10H10ClIOS/c1-14-10-3-2-7(5-9(10)12)4-8(13)6-11/h2-3,5H,4,6H2,1H3. The molecule has 1 aromatic carbocycles. The second-order valence-electron chi connectivity index (χ2n) is 2.82. The first kappa shape index (κ1) is 12.3. The number of carbonyl (C=O) groups is 1. The highest BCUT2D eigenvalue weighted by Gasteiger charge is 2.04. The summed E-state index contributed by atoms with van der Waals surface area (Å²) in [6.45, 7) is 0. The van der Waals surface area contributed by atoms with Crippen molar-refractivity contribution in [3.63, 3.8) is 0 Å². The average molecular weight is 341 g/mol. The van der Waals surface area contributed by atoms with Gasteiger partial charge >= 0.3 is 0 Å². The Hall–Kier alpha value is 0.260. The van der Waals surface area contributed by atoms with Gasteiger partial charge in [-0.2, -0.15) is 0 Å². The molecule has 0 radical (unpaired) electrons. The van der Waals surface area contributed by atoms with Gasteiger partial charge in [-0.05, 0) is 46.5 Å². The fraction of sp³-hybridized carbons (Fsp3) is 0.300. The van der Waals surface area contributed by atoms with Gasteiger partial charge in [0.2, 0.25) is 0 Å². The molecule has 0 amide bonds. The van der Waals surface area contributed by atoms with Crippen LogP contribution in [0.25, 0.3) is 0 Å². The van der Waals surface area contributed by atoms with Gasteiger partial charge in [0.25, 0.3) is 0 Å². The fourth-order valence-corrected chi connectivity index (χ4v) is 2.89.